The van der Waals surface area contributed by atoms with Gasteiger partial charge in [-0.2, -0.15) is 4.91 Å². The Morgan fingerprint density at radius 2 is 1.88 bits per heavy atom. The third kappa shape index (κ3) is 4.00. The van der Waals surface area contributed by atoms with E-state index in [9.17, 15) is 14.5 Å². The SMILES string of the molecule is CC(=O)Nc1ccc(CC(=O)CN=O)cc1. The first-order chi connectivity index (χ1) is 7.61. The van der Waals surface area contributed by atoms with Crippen LogP contribution in [0.4, 0.5) is 5.69 Å². The Morgan fingerprint density at radius 1 is 1.25 bits per heavy atom. The van der Waals surface area contributed by atoms with Crippen LogP contribution in [0.2, 0.25) is 0 Å². The number of nitrogens with zero attached hydrogens (tertiary/aromatic N) is 1. The van der Waals surface area contributed by atoms with Crippen molar-refractivity contribution in [3.63, 3.8) is 0 Å². The molecular formula is C11H12N2O3. The number of nitroso groups, excluding NO2 is 1. The lowest BCUT2D eigenvalue weighted by atomic mass is 10.1. The fraction of sp³-hybridized carbons (Fsp3) is 0.273. The molecule has 5 heteroatoms. The number of hydrogen-bond donors (Lipinski definition) is 1. The van der Waals surface area contributed by atoms with E-state index in [1.807, 2.05) is 0 Å². The first-order valence-corrected chi connectivity index (χ1v) is 4.79. The highest BCUT2D eigenvalue weighted by Crippen LogP contribution is 2.10. The first-order valence-electron chi connectivity index (χ1n) is 4.79. The van der Waals surface area contributed by atoms with Gasteiger partial charge in [0.05, 0.1) is 0 Å². The molecule has 1 rings (SSSR count). The van der Waals surface area contributed by atoms with Crippen LogP contribution in [0.5, 0.6) is 0 Å². The molecule has 84 valence electrons. The number of nitrogens with one attached hydrogen (secondary N) is 1. The Labute approximate surface area is 92.8 Å². The van der Waals surface area contributed by atoms with E-state index in [4.69, 9.17) is 0 Å². The Morgan fingerprint density at radius 3 is 2.38 bits per heavy atom. The highest BCUT2D eigenvalue weighted by molar-refractivity contribution is 5.88. The molecule has 0 saturated carbocycles. The van der Waals surface area contributed by atoms with Crippen molar-refractivity contribution < 1.29 is 9.59 Å². The number of carbonyl (C=O) groups excluding carboxylic acids is 2. The molecule has 1 aromatic rings. The Bertz CT molecular complexity index is 398. The monoisotopic (exact) mass is 220 g/mol. The molecule has 0 atom stereocenters. The lowest BCUT2D eigenvalue weighted by Gasteiger charge is -2.03. The molecule has 1 N–H and O–H groups in total. The predicted molar refractivity (Wildman–Crippen MR) is 60.1 cm³/mol. The molecule has 0 radical (unpaired) electrons. The van der Waals surface area contributed by atoms with Crippen LogP contribution in [-0.4, -0.2) is 18.2 Å². The van der Waals surface area contributed by atoms with Gasteiger partial charge in [-0.3, -0.25) is 9.59 Å². The van der Waals surface area contributed by atoms with Crippen molar-refractivity contribution in [3.05, 3.63) is 34.7 Å². The van der Waals surface area contributed by atoms with Gasteiger partial charge in [-0.15, -0.1) is 0 Å². The second-order valence-corrected chi connectivity index (χ2v) is 3.38. The number of anilines is 1. The van der Waals surface area contributed by atoms with E-state index < -0.39 is 0 Å². The van der Waals surface area contributed by atoms with Gasteiger partial charge in [0.15, 0.2) is 5.78 Å². The van der Waals surface area contributed by atoms with Crippen molar-refractivity contribution >= 4 is 17.4 Å². The average molecular weight is 220 g/mol. The van der Waals surface area contributed by atoms with Crippen molar-refractivity contribution in [2.45, 2.75) is 13.3 Å². The number of amides is 1. The third-order valence-electron chi connectivity index (χ3n) is 1.92. The summed E-state index contributed by atoms with van der Waals surface area (Å²) < 4.78 is 0. The summed E-state index contributed by atoms with van der Waals surface area (Å²) in [5.41, 5.74) is 1.47. The predicted octanol–water partition coefficient (Wildman–Crippen LogP) is 1.52. The van der Waals surface area contributed by atoms with Gasteiger partial charge in [0.25, 0.3) is 0 Å². The molecule has 1 amide bonds. The molecule has 0 spiro atoms. The zero-order chi connectivity index (χ0) is 12.0. The molecule has 0 bridgehead atoms. The largest absolute Gasteiger partial charge is 0.326 e. The van der Waals surface area contributed by atoms with Crippen molar-refractivity contribution in [1.82, 2.24) is 0 Å². The molecule has 0 fully saturated rings. The summed E-state index contributed by atoms with van der Waals surface area (Å²) in [6.07, 6.45) is 0.187. The van der Waals surface area contributed by atoms with E-state index in [1.54, 1.807) is 24.3 Å². The van der Waals surface area contributed by atoms with Crippen LogP contribution in [0.3, 0.4) is 0 Å². The van der Waals surface area contributed by atoms with Gasteiger partial charge in [0.2, 0.25) is 5.91 Å². The van der Waals surface area contributed by atoms with E-state index in [2.05, 4.69) is 10.5 Å². The van der Waals surface area contributed by atoms with Crippen LogP contribution in [0.25, 0.3) is 0 Å². The maximum Gasteiger partial charge on any atom is 0.221 e. The van der Waals surface area contributed by atoms with Gasteiger partial charge < -0.3 is 5.32 Å². The summed E-state index contributed by atoms with van der Waals surface area (Å²) in [5, 5.41) is 5.15. The van der Waals surface area contributed by atoms with E-state index in [1.165, 1.54) is 6.92 Å². The average Bonchev–Trinajstić information content (AvgIpc) is 2.20. The molecule has 5 nitrogen and oxygen atoms in total. The summed E-state index contributed by atoms with van der Waals surface area (Å²) in [6, 6.07) is 6.87. The van der Waals surface area contributed by atoms with Gasteiger partial charge in [0.1, 0.15) is 6.54 Å². The van der Waals surface area contributed by atoms with Gasteiger partial charge in [0, 0.05) is 19.0 Å². The minimum absolute atomic E-state index is 0.144. The molecular weight excluding hydrogens is 208 g/mol. The minimum atomic E-state index is -0.298. The smallest absolute Gasteiger partial charge is 0.221 e. The van der Waals surface area contributed by atoms with Crippen LogP contribution in [0, 0.1) is 4.91 Å². The molecule has 0 unspecified atom stereocenters. The van der Waals surface area contributed by atoms with Gasteiger partial charge >= 0.3 is 0 Å². The molecule has 0 aromatic heterocycles. The second-order valence-electron chi connectivity index (χ2n) is 3.38. The highest BCUT2D eigenvalue weighted by Gasteiger charge is 2.03. The standard InChI is InChI=1S/C11H12N2O3/c1-8(14)13-10-4-2-9(3-5-10)6-11(15)7-12-16/h2-5H,6-7H2,1H3,(H,13,14). The Hall–Kier alpha value is -2.04. The molecule has 0 saturated heterocycles. The van der Waals surface area contributed by atoms with E-state index >= 15 is 0 Å². The zero-order valence-corrected chi connectivity index (χ0v) is 8.90. The van der Waals surface area contributed by atoms with Crippen molar-refractivity contribution in [1.29, 1.82) is 0 Å². The number of hydrogen-bond acceptors (Lipinski definition) is 4. The fourth-order valence-corrected chi connectivity index (χ4v) is 1.26. The summed E-state index contributed by atoms with van der Waals surface area (Å²) in [7, 11) is 0. The van der Waals surface area contributed by atoms with Crippen molar-refractivity contribution in [2.24, 2.45) is 5.18 Å². The van der Waals surface area contributed by atoms with E-state index in [-0.39, 0.29) is 24.7 Å². The Kier molecular flexibility index (Phi) is 4.32. The molecule has 1 aromatic carbocycles. The van der Waals surface area contributed by atoms with Gasteiger partial charge in [-0.1, -0.05) is 17.3 Å². The first kappa shape index (κ1) is 12.0. The lowest BCUT2D eigenvalue weighted by molar-refractivity contribution is -0.117. The van der Waals surface area contributed by atoms with Gasteiger partial charge in [-0.05, 0) is 17.7 Å². The summed E-state index contributed by atoms with van der Waals surface area (Å²) in [4.78, 5) is 31.7. The number of ketones is 1. The summed E-state index contributed by atoms with van der Waals surface area (Å²) in [5.74, 6) is -0.365. The molecule has 16 heavy (non-hydrogen) atoms. The topological polar surface area (TPSA) is 75.6 Å². The van der Waals surface area contributed by atoms with Crippen LogP contribution in [0.15, 0.2) is 29.4 Å². The van der Waals surface area contributed by atoms with Crippen molar-refractivity contribution in [2.75, 3.05) is 11.9 Å². The summed E-state index contributed by atoms with van der Waals surface area (Å²) in [6.45, 7) is 1.13. The molecule has 0 aliphatic rings. The van der Waals surface area contributed by atoms with E-state index in [0.717, 1.165) is 5.56 Å². The van der Waals surface area contributed by atoms with Crippen LogP contribution >= 0.6 is 0 Å². The quantitative estimate of drug-likeness (QED) is 0.764. The number of benzene rings is 1. The third-order valence-corrected chi connectivity index (χ3v) is 1.92. The van der Waals surface area contributed by atoms with Crippen LogP contribution < -0.4 is 5.32 Å². The Balaban J connectivity index is 2.60. The van der Waals surface area contributed by atoms with Crippen LogP contribution in [-0.2, 0) is 16.0 Å². The van der Waals surface area contributed by atoms with Crippen molar-refractivity contribution in [3.8, 4) is 0 Å². The molecule has 0 aliphatic carbocycles. The maximum absolute atomic E-state index is 11.1. The minimum Gasteiger partial charge on any atom is -0.326 e. The highest BCUT2D eigenvalue weighted by atomic mass is 16.3. The zero-order valence-electron chi connectivity index (χ0n) is 8.90. The number of Topliss-reactive ketones (excluding diaryl/α,β-unsaturated/α-hetero) is 1. The summed E-state index contributed by atoms with van der Waals surface area (Å²) >= 11 is 0. The number of rotatable bonds is 5. The maximum atomic E-state index is 11.1. The van der Waals surface area contributed by atoms with E-state index in [0.29, 0.717) is 5.69 Å². The molecule has 0 aliphatic heterocycles. The lowest BCUT2D eigenvalue weighted by Crippen LogP contribution is -2.07. The van der Waals surface area contributed by atoms with Crippen LogP contribution in [0.1, 0.15) is 12.5 Å². The second kappa shape index (κ2) is 5.75. The van der Waals surface area contributed by atoms with Gasteiger partial charge in [-0.25, -0.2) is 0 Å². The number of carbonyl (C=O) groups is 2. The molecule has 0 heterocycles. The fourth-order valence-electron chi connectivity index (χ4n) is 1.26. The normalized spacial score (nSPS) is 9.56.